The highest BCUT2D eigenvalue weighted by atomic mass is 19.4. The minimum Gasteiger partial charge on any atom is -0.493 e. The van der Waals surface area contributed by atoms with Gasteiger partial charge in [-0.05, 0) is 53.6 Å². The highest BCUT2D eigenvalue weighted by Crippen LogP contribution is 2.34. The SMILES string of the molecule is O=C(Nc1ccc(OC(F)(F)F)cc1)Nc1ccccc1-c1ccc2c(c1)CCO2. The standard InChI is InChI=1S/C22H17F3N2O3/c23-22(24,25)30-17-8-6-16(7-9-17)26-21(28)27-19-4-2-1-3-18(19)14-5-10-20-15(13-14)11-12-29-20/h1-10,13H,11-12H2,(H2,26,27,28). The van der Waals surface area contributed by atoms with Gasteiger partial charge in [-0.2, -0.15) is 0 Å². The number of fused-ring (bicyclic) bond motifs is 1. The summed E-state index contributed by atoms with van der Waals surface area (Å²) in [7, 11) is 0. The molecule has 0 spiro atoms. The van der Waals surface area contributed by atoms with Crippen LogP contribution in [0.15, 0.2) is 66.7 Å². The molecule has 0 fully saturated rings. The molecule has 0 saturated carbocycles. The Bertz CT molecular complexity index is 1070. The summed E-state index contributed by atoms with van der Waals surface area (Å²) in [5, 5.41) is 5.38. The van der Waals surface area contributed by atoms with E-state index >= 15 is 0 Å². The largest absolute Gasteiger partial charge is 0.573 e. The van der Waals surface area contributed by atoms with E-state index < -0.39 is 12.4 Å². The maximum atomic E-state index is 12.4. The zero-order valence-electron chi connectivity index (χ0n) is 15.6. The van der Waals surface area contributed by atoms with Crippen LogP contribution in [-0.2, 0) is 6.42 Å². The Balaban J connectivity index is 1.46. The van der Waals surface area contributed by atoms with E-state index in [1.807, 2.05) is 30.3 Å². The lowest BCUT2D eigenvalue weighted by atomic mass is 10.0. The minimum atomic E-state index is -4.76. The number of rotatable bonds is 4. The van der Waals surface area contributed by atoms with E-state index in [-0.39, 0.29) is 5.75 Å². The van der Waals surface area contributed by atoms with E-state index in [1.165, 1.54) is 12.1 Å². The van der Waals surface area contributed by atoms with Gasteiger partial charge in [0.15, 0.2) is 0 Å². The Morgan fingerprint density at radius 3 is 2.50 bits per heavy atom. The fraction of sp³-hybridized carbons (Fsp3) is 0.136. The van der Waals surface area contributed by atoms with Crippen molar-refractivity contribution < 1.29 is 27.4 Å². The normalized spacial score (nSPS) is 12.6. The van der Waals surface area contributed by atoms with Gasteiger partial charge < -0.3 is 20.1 Å². The number of para-hydroxylation sites is 1. The van der Waals surface area contributed by atoms with Gasteiger partial charge in [-0.1, -0.05) is 24.3 Å². The smallest absolute Gasteiger partial charge is 0.493 e. The monoisotopic (exact) mass is 414 g/mol. The second-order valence-electron chi connectivity index (χ2n) is 6.62. The average molecular weight is 414 g/mol. The number of amides is 2. The van der Waals surface area contributed by atoms with E-state index in [1.54, 1.807) is 12.1 Å². The molecule has 0 atom stereocenters. The molecule has 0 aromatic heterocycles. The van der Waals surface area contributed by atoms with Crippen LogP contribution in [0.1, 0.15) is 5.56 Å². The highest BCUT2D eigenvalue weighted by Gasteiger charge is 2.31. The molecule has 5 nitrogen and oxygen atoms in total. The van der Waals surface area contributed by atoms with Crippen molar-refractivity contribution in [3.8, 4) is 22.6 Å². The number of carbonyl (C=O) groups is 1. The van der Waals surface area contributed by atoms with Crippen molar-refractivity contribution in [2.75, 3.05) is 17.2 Å². The second kappa shape index (κ2) is 7.98. The van der Waals surface area contributed by atoms with Gasteiger partial charge in [-0.3, -0.25) is 0 Å². The van der Waals surface area contributed by atoms with Gasteiger partial charge in [-0.25, -0.2) is 4.79 Å². The molecular weight excluding hydrogens is 397 g/mol. The molecule has 4 rings (SSSR count). The van der Waals surface area contributed by atoms with Gasteiger partial charge >= 0.3 is 12.4 Å². The van der Waals surface area contributed by atoms with Crippen LogP contribution in [0.4, 0.5) is 29.3 Å². The molecule has 1 aliphatic rings. The number of hydrogen-bond acceptors (Lipinski definition) is 3. The highest BCUT2D eigenvalue weighted by molar-refractivity contribution is 6.02. The van der Waals surface area contributed by atoms with Crippen molar-refractivity contribution in [3.63, 3.8) is 0 Å². The molecule has 0 saturated heterocycles. The number of nitrogens with one attached hydrogen (secondary N) is 2. The number of halogens is 3. The first-order valence-corrected chi connectivity index (χ1v) is 9.16. The summed E-state index contributed by atoms with van der Waals surface area (Å²) in [5.41, 5.74) is 3.84. The first-order chi connectivity index (χ1) is 14.4. The van der Waals surface area contributed by atoms with E-state index in [0.29, 0.717) is 18.0 Å². The van der Waals surface area contributed by atoms with E-state index in [0.717, 1.165) is 41.0 Å². The number of alkyl halides is 3. The van der Waals surface area contributed by atoms with Crippen molar-refractivity contribution in [2.45, 2.75) is 12.8 Å². The Morgan fingerprint density at radius 2 is 1.73 bits per heavy atom. The number of carbonyl (C=O) groups excluding carboxylic acids is 1. The van der Waals surface area contributed by atoms with Crippen LogP contribution in [0.3, 0.4) is 0 Å². The van der Waals surface area contributed by atoms with Crippen LogP contribution in [0.5, 0.6) is 11.5 Å². The van der Waals surface area contributed by atoms with Crippen molar-refractivity contribution in [2.24, 2.45) is 0 Å². The lowest BCUT2D eigenvalue weighted by Gasteiger charge is -2.13. The number of benzene rings is 3. The molecule has 2 N–H and O–H groups in total. The molecule has 2 amide bonds. The fourth-order valence-electron chi connectivity index (χ4n) is 3.22. The van der Waals surface area contributed by atoms with E-state index in [2.05, 4.69) is 15.4 Å². The number of ether oxygens (including phenoxy) is 2. The molecule has 1 heterocycles. The molecule has 30 heavy (non-hydrogen) atoms. The van der Waals surface area contributed by atoms with Gasteiger partial charge in [-0.15, -0.1) is 13.2 Å². The summed E-state index contributed by atoms with van der Waals surface area (Å²) < 4.78 is 46.1. The van der Waals surface area contributed by atoms with Crippen LogP contribution in [0.25, 0.3) is 11.1 Å². The number of hydrogen-bond donors (Lipinski definition) is 2. The quantitative estimate of drug-likeness (QED) is 0.565. The first kappa shape index (κ1) is 19.6. The van der Waals surface area contributed by atoms with Crippen LogP contribution < -0.4 is 20.1 Å². The Hall–Kier alpha value is -3.68. The molecule has 0 bridgehead atoms. The fourth-order valence-corrected chi connectivity index (χ4v) is 3.22. The molecule has 3 aromatic carbocycles. The Kier molecular flexibility index (Phi) is 5.22. The zero-order valence-corrected chi connectivity index (χ0v) is 15.6. The third-order valence-corrected chi connectivity index (χ3v) is 4.52. The third-order valence-electron chi connectivity index (χ3n) is 4.52. The van der Waals surface area contributed by atoms with Crippen molar-refractivity contribution in [1.82, 2.24) is 0 Å². The van der Waals surface area contributed by atoms with Gasteiger partial charge in [0.1, 0.15) is 11.5 Å². The van der Waals surface area contributed by atoms with E-state index in [4.69, 9.17) is 4.74 Å². The Labute approximate surface area is 170 Å². The van der Waals surface area contributed by atoms with Gasteiger partial charge in [0, 0.05) is 17.7 Å². The lowest BCUT2D eigenvalue weighted by Crippen LogP contribution is -2.20. The van der Waals surface area contributed by atoms with Crippen LogP contribution in [0, 0.1) is 0 Å². The predicted octanol–water partition coefficient (Wildman–Crippen LogP) is 5.83. The molecule has 0 radical (unpaired) electrons. The summed E-state index contributed by atoms with van der Waals surface area (Å²) in [6.07, 6.45) is -3.92. The molecule has 8 heteroatoms. The van der Waals surface area contributed by atoms with Crippen LogP contribution in [0.2, 0.25) is 0 Å². The third kappa shape index (κ3) is 4.65. The van der Waals surface area contributed by atoms with Crippen LogP contribution >= 0.6 is 0 Å². The summed E-state index contributed by atoms with van der Waals surface area (Å²) in [6, 6.07) is 17.6. The van der Waals surface area contributed by atoms with Crippen molar-refractivity contribution in [1.29, 1.82) is 0 Å². The van der Waals surface area contributed by atoms with Crippen LogP contribution in [-0.4, -0.2) is 19.0 Å². The molecule has 0 aliphatic carbocycles. The minimum absolute atomic E-state index is 0.328. The molecule has 154 valence electrons. The zero-order chi connectivity index (χ0) is 21.1. The molecule has 3 aromatic rings. The van der Waals surface area contributed by atoms with Gasteiger partial charge in [0.25, 0.3) is 0 Å². The predicted molar refractivity (Wildman–Crippen MR) is 107 cm³/mol. The maximum absolute atomic E-state index is 12.4. The summed E-state index contributed by atoms with van der Waals surface area (Å²) in [4.78, 5) is 12.4. The number of anilines is 2. The molecule has 0 unspecified atom stereocenters. The van der Waals surface area contributed by atoms with E-state index in [9.17, 15) is 18.0 Å². The molecular formula is C22H17F3N2O3. The first-order valence-electron chi connectivity index (χ1n) is 9.16. The summed E-state index contributed by atoms with van der Waals surface area (Å²) >= 11 is 0. The Morgan fingerprint density at radius 1 is 0.967 bits per heavy atom. The molecule has 1 aliphatic heterocycles. The topological polar surface area (TPSA) is 59.6 Å². The summed E-state index contributed by atoms with van der Waals surface area (Å²) in [5.74, 6) is 0.513. The van der Waals surface area contributed by atoms with Crippen molar-refractivity contribution >= 4 is 17.4 Å². The van der Waals surface area contributed by atoms with Gasteiger partial charge in [0.2, 0.25) is 0 Å². The lowest BCUT2D eigenvalue weighted by molar-refractivity contribution is -0.274. The summed E-state index contributed by atoms with van der Waals surface area (Å²) in [6.45, 7) is 0.661. The van der Waals surface area contributed by atoms with Gasteiger partial charge in [0.05, 0.1) is 12.3 Å². The number of urea groups is 1. The average Bonchev–Trinajstić information content (AvgIpc) is 3.16. The van der Waals surface area contributed by atoms with Crippen molar-refractivity contribution in [3.05, 3.63) is 72.3 Å². The second-order valence-corrected chi connectivity index (χ2v) is 6.62. The maximum Gasteiger partial charge on any atom is 0.573 e.